The lowest BCUT2D eigenvalue weighted by Crippen LogP contribution is -2.36. The first-order valence-corrected chi connectivity index (χ1v) is 18.2. The molecule has 1 aromatic heterocycles. The van der Waals surface area contributed by atoms with Crippen LogP contribution in [0.2, 0.25) is 0 Å². The predicted molar refractivity (Wildman–Crippen MR) is 214 cm³/mol. The molecule has 3 nitrogen and oxygen atoms in total. The molecule has 11 rings (SSSR count). The van der Waals surface area contributed by atoms with Crippen LogP contribution in [0.1, 0.15) is 22.3 Å². The zero-order chi connectivity index (χ0) is 34.9. The summed E-state index contributed by atoms with van der Waals surface area (Å²) in [6.07, 6.45) is 2.02. The molecule has 0 bridgehead atoms. The van der Waals surface area contributed by atoms with Gasteiger partial charge in [0.1, 0.15) is 5.69 Å². The van der Waals surface area contributed by atoms with E-state index in [-0.39, 0.29) is 0 Å². The fourth-order valence-electron chi connectivity index (χ4n) is 9.01. The van der Waals surface area contributed by atoms with Gasteiger partial charge in [0.15, 0.2) is 0 Å². The van der Waals surface area contributed by atoms with Crippen molar-refractivity contribution in [1.29, 1.82) is 0 Å². The summed E-state index contributed by atoms with van der Waals surface area (Å²) in [6, 6.07) is 67.9. The molecule has 9 aromatic rings. The zero-order valence-corrected chi connectivity index (χ0v) is 28.8. The summed E-state index contributed by atoms with van der Waals surface area (Å²) in [5.74, 6) is 0.683. The van der Waals surface area contributed by atoms with E-state index >= 15 is 0 Å². The van der Waals surface area contributed by atoms with Crippen LogP contribution in [-0.2, 0) is 5.41 Å². The first-order chi connectivity index (χ1) is 26.3. The molecule has 1 spiro atoms. The second-order valence-electron chi connectivity index (χ2n) is 14.0. The largest absolute Gasteiger partial charge is 0.238 e. The Hall–Kier alpha value is -6.97. The molecule has 3 heteroatoms. The lowest BCUT2D eigenvalue weighted by molar-refractivity contribution is -0.658. The van der Waals surface area contributed by atoms with Gasteiger partial charge in [-0.05, 0) is 83.2 Å². The van der Waals surface area contributed by atoms with Gasteiger partial charge < -0.3 is 0 Å². The number of aromatic nitrogens is 3. The van der Waals surface area contributed by atoms with Gasteiger partial charge >= 0.3 is 0 Å². The molecule has 0 saturated carbocycles. The van der Waals surface area contributed by atoms with Crippen LogP contribution in [0.3, 0.4) is 0 Å². The first kappa shape index (κ1) is 29.7. The molecule has 0 N–H and O–H groups in total. The molecule has 0 aliphatic heterocycles. The van der Waals surface area contributed by atoms with Gasteiger partial charge in [0.25, 0.3) is 0 Å². The average molecular weight is 675 g/mol. The van der Waals surface area contributed by atoms with Crippen molar-refractivity contribution in [2.75, 3.05) is 0 Å². The Balaban J connectivity index is 1.10. The van der Waals surface area contributed by atoms with Crippen LogP contribution in [0.5, 0.6) is 0 Å². The summed E-state index contributed by atoms with van der Waals surface area (Å²) < 4.78 is 1.96. The van der Waals surface area contributed by atoms with Gasteiger partial charge in [-0.3, -0.25) is 0 Å². The van der Waals surface area contributed by atoms with Gasteiger partial charge in [-0.1, -0.05) is 164 Å². The highest BCUT2D eigenvalue weighted by Crippen LogP contribution is 2.63. The average Bonchev–Trinajstić information content (AvgIpc) is 3.54. The van der Waals surface area contributed by atoms with Crippen LogP contribution in [0, 0.1) is 0 Å². The lowest BCUT2D eigenvalue weighted by Gasteiger charge is -2.40. The van der Waals surface area contributed by atoms with Crippen LogP contribution in [0.4, 0.5) is 0 Å². The lowest BCUT2D eigenvalue weighted by atomic mass is 9.61. The molecular weight excluding hydrogens is 643 g/mol. The first-order valence-electron chi connectivity index (χ1n) is 18.2. The normalized spacial score (nSPS) is 14.9. The van der Waals surface area contributed by atoms with E-state index < -0.39 is 5.41 Å². The topological polar surface area (TPSA) is 29.7 Å². The van der Waals surface area contributed by atoms with E-state index in [1.165, 1.54) is 66.4 Å². The third-order valence-corrected chi connectivity index (χ3v) is 11.2. The smallest absolute Gasteiger partial charge is 0.216 e. The number of hydrogen-bond donors (Lipinski definition) is 0. The van der Waals surface area contributed by atoms with Gasteiger partial charge in [-0.25, -0.2) is 4.98 Å². The number of benzene rings is 8. The van der Waals surface area contributed by atoms with E-state index in [1.54, 1.807) is 0 Å². The minimum Gasteiger partial charge on any atom is -0.216 e. The maximum absolute atomic E-state index is 5.01. The second kappa shape index (κ2) is 11.5. The van der Waals surface area contributed by atoms with Gasteiger partial charge in [0, 0.05) is 28.4 Å². The maximum atomic E-state index is 5.01. The van der Waals surface area contributed by atoms with Gasteiger partial charge in [0.05, 0.1) is 5.41 Å². The Morgan fingerprint density at radius 2 is 0.962 bits per heavy atom. The molecule has 0 fully saturated rings. The molecule has 53 heavy (non-hydrogen) atoms. The van der Waals surface area contributed by atoms with Crippen molar-refractivity contribution < 1.29 is 4.68 Å². The Morgan fingerprint density at radius 3 is 1.74 bits per heavy atom. The van der Waals surface area contributed by atoms with Crippen molar-refractivity contribution in [1.82, 2.24) is 10.1 Å². The fourth-order valence-corrected chi connectivity index (χ4v) is 9.01. The van der Waals surface area contributed by atoms with Crippen molar-refractivity contribution >= 4 is 10.8 Å². The molecule has 0 radical (unpaired) electrons. The molecule has 0 saturated heterocycles. The van der Waals surface area contributed by atoms with E-state index in [2.05, 4.69) is 152 Å². The number of nitrogens with zero attached hydrogens (tertiary/aromatic N) is 3. The Labute approximate surface area is 308 Å². The number of rotatable bonds is 4. The van der Waals surface area contributed by atoms with Crippen LogP contribution < -0.4 is 4.68 Å². The van der Waals surface area contributed by atoms with Crippen molar-refractivity contribution in [3.63, 3.8) is 0 Å². The van der Waals surface area contributed by atoms with E-state index in [4.69, 9.17) is 10.1 Å². The van der Waals surface area contributed by atoms with E-state index in [9.17, 15) is 0 Å². The minimum atomic E-state index is -0.440. The zero-order valence-electron chi connectivity index (χ0n) is 28.8. The van der Waals surface area contributed by atoms with Crippen molar-refractivity contribution in [3.8, 4) is 61.7 Å². The van der Waals surface area contributed by atoms with E-state index in [0.717, 1.165) is 22.5 Å². The Morgan fingerprint density at radius 1 is 0.396 bits per heavy atom. The fraction of sp³-hybridized carbons (Fsp3) is 0.0200. The highest BCUT2D eigenvalue weighted by molar-refractivity contribution is 6.08. The van der Waals surface area contributed by atoms with Crippen LogP contribution in [0.25, 0.3) is 72.5 Å². The van der Waals surface area contributed by atoms with Crippen molar-refractivity contribution in [2.45, 2.75) is 5.41 Å². The summed E-state index contributed by atoms with van der Waals surface area (Å²) in [7, 11) is 0. The highest BCUT2D eigenvalue weighted by atomic mass is 15.3. The minimum absolute atomic E-state index is 0.440. The number of fused-ring (bicyclic) bond motifs is 9. The molecule has 1 atom stereocenters. The van der Waals surface area contributed by atoms with Crippen LogP contribution >= 0.6 is 0 Å². The summed E-state index contributed by atoms with van der Waals surface area (Å²) in [4.78, 5) is 4.98. The third kappa shape index (κ3) is 4.31. The Bertz CT molecular complexity index is 2820. The van der Waals surface area contributed by atoms with Gasteiger partial charge in [-0.15, -0.1) is 0 Å². The SMILES string of the molecule is c1ccc(-c2c[n+](-c3ccc(-c4cccc5c4-c4ccccc4C54c5ccccc5-c5cccc6cccc4c56)cc3)nc(-c3ccccc3)n2)cc1. The second-order valence-corrected chi connectivity index (χ2v) is 14.0. The maximum Gasteiger partial charge on any atom is 0.238 e. The molecule has 246 valence electrons. The molecular formula is C50H32N3+. The van der Waals surface area contributed by atoms with E-state index in [1.807, 2.05) is 47.3 Å². The molecule has 1 heterocycles. The highest BCUT2D eigenvalue weighted by Gasteiger charge is 2.50. The summed E-state index contributed by atoms with van der Waals surface area (Å²) >= 11 is 0. The molecule has 8 aromatic carbocycles. The molecule has 2 aliphatic carbocycles. The standard InChI is InChI=1S/C50H32N3/c1-3-14-34(15-4-1)46-32-53(52-49(51-46)36-16-5-2-6-17-36)37-30-28-33(29-31-37)38-22-13-27-45-48(38)41-21-8-10-25-43(41)50(45)42-24-9-7-20-39(42)40-23-11-18-35-19-12-26-44(50)47(35)40/h1-32H/q+1. The number of hydrogen-bond acceptors (Lipinski definition) is 2. The predicted octanol–water partition coefficient (Wildman–Crippen LogP) is 11.3. The quantitative estimate of drug-likeness (QED) is 0.174. The van der Waals surface area contributed by atoms with E-state index in [0.29, 0.717) is 5.82 Å². The Kier molecular flexibility index (Phi) is 6.47. The van der Waals surface area contributed by atoms with Crippen molar-refractivity contribution in [3.05, 3.63) is 217 Å². The summed E-state index contributed by atoms with van der Waals surface area (Å²) in [5, 5.41) is 7.63. The van der Waals surface area contributed by atoms with Crippen LogP contribution in [-0.4, -0.2) is 10.1 Å². The van der Waals surface area contributed by atoms with Gasteiger partial charge in [0.2, 0.25) is 17.7 Å². The molecule has 0 amide bonds. The van der Waals surface area contributed by atoms with Crippen LogP contribution in [0.15, 0.2) is 194 Å². The monoisotopic (exact) mass is 674 g/mol. The molecule has 1 unspecified atom stereocenters. The molecule has 2 aliphatic rings. The van der Waals surface area contributed by atoms with Crippen molar-refractivity contribution in [2.24, 2.45) is 0 Å². The summed E-state index contributed by atoms with van der Waals surface area (Å²) in [5.41, 5.74) is 16.4. The summed E-state index contributed by atoms with van der Waals surface area (Å²) in [6.45, 7) is 0. The third-order valence-electron chi connectivity index (χ3n) is 11.2. The van der Waals surface area contributed by atoms with Gasteiger partial charge in [-0.2, -0.15) is 0 Å².